The fourth-order valence-electron chi connectivity index (χ4n) is 1.65. The lowest BCUT2D eigenvalue weighted by molar-refractivity contribution is 0.0322. The number of aromatic nitrogens is 3. The second-order valence-electron chi connectivity index (χ2n) is 3.53. The van der Waals surface area contributed by atoms with E-state index in [1.165, 1.54) is 0 Å². The molecule has 0 fully saturated rings. The smallest absolute Gasteiger partial charge is 0.210 e. The zero-order valence-corrected chi connectivity index (χ0v) is 8.52. The molecule has 0 aromatic carbocycles. The maximum absolute atomic E-state index is 5.34. The van der Waals surface area contributed by atoms with Gasteiger partial charge in [0.1, 0.15) is 5.71 Å². The number of rotatable bonds is 2. The van der Waals surface area contributed by atoms with Gasteiger partial charge < -0.3 is 4.84 Å². The van der Waals surface area contributed by atoms with Crippen molar-refractivity contribution in [3.05, 3.63) is 48.8 Å². The van der Waals surface area contributed by atoms with Gasteiger partial charge in [-0.1, -0.05) is 11.2 Å². The van der Waals surface area contributed by atoms with Crippen LogP contribution in [0.5, 0.6) is 0 Å². The first kappa shape index (κ1) is 9.08. The van der Waals surface area contributed by atoms with Gasteiger partial charge in [0.15, 0.2) is 0 Å². The van der Waals surface area contributed by atoms with Gasteiger partial charge in [0.2, 0.25) is 6.23 Å². The molecule has 1 aliphatic rings. The first-order chi connectivity index (χ1) is 7.93. The van der Waals surface area contributed by atoms with E-state index in [1.807, 2.05) is 29.0 Å². The molecule has 2 aromatic heterocycles. The molecule has 16 heavy (non-hydrogen) atoms. The molecule has 0 saturated carbocycles. The van der Waals surface area contributed by atoms with Crippen LogP contribution in [0.25, 0.3) is 0 Å². The number of imidazole rings is 1. The molecule has 1 atom stereocenters. The van der Waals surface area contributed by atoms with Crippen LogP contribution in [0.4, 0.5) is 0 Å². The number of oxime groups is 1. The minimum Gasteiger partial charge on any atom is -0.369 e. The summed E-state index contributed by atoms with van der Waals surface area (Å²) < 4.78 is 1.89. The minimum absolute atomic E-state index is 0.0977. The van der Waals surface area contributed by atoms with Crippen LogP contribution in [0.15, 0.2) is 48.3 Å². The lowest BCUT2D eigenvalue weighted by Crippen LogP contribution is -2.08. The van der Waals surface area contributed by atoms with Crippen LogP contribution in [0.2, 0.25) is 0 Å². The molecule has 3 heterocycles. The van der Waals surface area contributed by atoms with E-state index in [1.54, 1.807) is 18.7 Å². The number of hydrogen-bond acceptors (Lipinski definition) is 4. The molecular formula is C11H10N4O. The van der Waals surface area contributed by atoms with Gasteiger partial charge >= 0.3 is 0 Å². The van der Waals surface area contributed by atoms with Crippen molar-refractivity contribution < 1.29 is 4.84 Å². The van der Waals surface area contributed by atoms with Gasteiger partial charge in [-0.3, -0.25) is 9.55 Å². The van der Waals surface area contributed by atoms with Crippen molar-refractivity contribution in [2.75, 3.05) is 0 Å². The molecule has 3 rings (SSSR count). The fourth-order valence-corrected chi connectivity index (χ4v) is 1.65. The highest BCUT2D eigenvalue weighted by atomic mass is 16.7. The Hall–Kier alpha value is -2.17. The Morgan fingerprint density at radius 1 is 1.31 bits per heavy atom. The Labute approximate surface area is 92.4 Å². The van der Waals surface area contributed by atoms with Gasteiger partial charge in [-0.15, -0.1) is 0 Å². The first-order valence-electron chi connectivity index (χ1n) is 5.05. The van der Waals surface area contributed by atoms with Gasteiger partial charge in [0.25, 0.3) is 0 Å². The monoisotopic (exact) mass is 214 g/mol. The fraction of sp³-hybridized carbons (Fsp3) is 0.182. The first-order valence-corrected chi connectivity index (χ1v) is 5.05. The van der Waals surface area contributed by atoms with Crippen LogP contribution in [-0.4, -0.2) is 20.2 Å². The highest BCUT2D eigenvalue weighted by Crippen LogP contribution is 2.23. The molecule has 5 nitrogen and oxygen atoms in total. The quantitative estimate of drug-likeness (QED) is 0.763. The predicted octanol–water partition coefficient (Wildman–Crippen LogP) is 1.60. The van der Waals surface area contributed by atoms with E-state index in [0.717, 1.165) is 11.4 Å². The number of pyridine rings is 1. The summed E-state index contributed by atoms with van der Waals surface area (Å²) in [6, 6.07) is 5.75. The molecule has 2 aromatic rings. The highest BCUT2D eigenvalue weighted by Gasteiger charge is 2.23. The van der Waals surface area contributed by atoms with E-state index in [4.69, 9.17) is 4.84 Å². The van der Waals surface area contributed by atoms with Crippen LogP contribution in [0.1, 0.15) is 18.3 Å². The van der Waals surface area contributed by atoms with Crippen molar-refractivity contribution in [2.24, 2.45) is 5.16 Å². The standard InChI is InChI=1S/C11H10N4O/c1-2-4-13-9(3-1)10-7-11(16-14-10)15-6-5-12-8-15/h1-6,8,11H,7H2. The van der Waals surface area contributed by atoms with Crippen molar-refractivity contribution in [1.29, 1.82) is 0 Å². The lowest BCUT2D eigenvalue weighted by Gasteiger charge is -2.07. The second kappa shape index (κ2) is 3.77. The van der Waals surface area contributed by atoms with Crippen LogP contribution in [-0.2, 0) is 4.84 Å². The molecule has 0 spiro atoms. The topological polar surface area (TPSA) is 52.3 Å². The third kappa shape index (κ3) is 1.56. The Balaban J connectivity index is 1.78. The van der Waals surface area contributed by atoms with Gasteiger partial charge in [0.05, 0.1) is 18.4 Å². The molecular weight excluding hydrogens is 204 g/mol. The Kier molecular flexibility index (Phi) is 2.14. The van der Waals surface area contributed by atoms with E-state index in [-0.39, 0.29) is 6.23 Å². The van der Waals surface area contributed by atoms with Crippen LogP contribution in [0.3, 0.4) is 0 Å². The summed E-state index contributed by atoms with van der Waals surface area (Å²) in [6.07, 6.45) is 7.68. The third-order valence-electron chi connectivity index (χ3n) is 2.47. The summed E-state index contributed by atoms with van der Waals surface area (Å²) in [5.74, 6) is 0. The molecule has 0 N–H and O–H groups in total. The Bertz CT molecular complexity index is 492. The number of hydrogen-bond donors (Lipinski definition) is 0. The van der Waals surface area contributed by atoms with Crippen LogP contribution < -0.4 is 0 Å². The van der Waals surface area contributed by atoms with Crippen molar-refractivity contribution in [1.82, 2.24) is 14.5 Å². The van der Waals surface area contributed by atoms with E-state index < -0.39 is 0 Å². The maximum atomic E-state index is 5.34. The summed E-state index contributed by atoms with van der Waals surface area (Å²) in [7, 11) is 0. The van der Waals surface area contributed by atoms with E-state index in [0.29, 0.717) is 6.42 Å². The average Bonchev–Trinajstić information content (AvgIpc) is 3.01. The molecule has 5 heteroatoms. The normalized spacial score (nSPS) is 19.2. The van der Waals surface area contributed by atoms with Crippen molar-refractivity contribution in [3.63, 3.8) is 0 Å². The maximum Gasteiger partial charge on any atom is 0.210 e. The zero-order chi connectivity index (χ0) is 10.8. The van der Waals surface area contributed by atoms with E-state index >= 15 is 0 Å². The average molecular weight is 214 g/mol. The van der Waals surface area contributed by atoms with Crippen molar-refractivity contribution in [3.8, 4) is 0 Å². The highest BCUT2D eigenvalue weighted by molar-refractivity contribution is 5.99. The molecule has 0 saturated heterocycles. The third-order valence-corrected chi connectivity index (χ3v) is 2.47. The van der Waals surface area contributed by atoms with E-state index in [2.05, 4.69) is 15.1 Å². The molecule has 0 aliphatic carbocycles. The van der Waals surface area contributed by atoms with E-state index in [9.17, 15) is 0 Å². The summed E-state index contributed by atoms with van der Waals surface area (Å²) in [5, 5.41) is 4.05. The van der Waals surface area contributed by atoms with Gasteiger partial charge in [-0.05, 0) is 12.1 Å². The van der Waals surface area contributed by atoms with Crippen LogP contribution >= 0.6 is 0 Å². The lowest BCUT2D eigenvalue weighted by atomic mass is 10.2. The van der Waals surface area contributed by atoms with Gasteiger partial charge in [-0.25, -0.2) is 4.98 Å². The Morgan fingerprint density at radius 2 is 2.31 bits per heavy atom. The minimum atomic E-state index is -0.0977. The van der Waals surface area contributed by atoms with Crippen molar-refractivity contribution in [2.45, 2.75) is 12.6 Å². The molecule has 80 valence electrons. The number of nitrogens with zero attached hydrogens (tertiary/aromatic N) is 4. The summed E-state index contributed by atoms with van der Waals surface area (Å²) in [4.78, 5) is 13.6. The zero-order valence-electron chi connectivity index (χ0n) is 8.52. The largest absolute Gasteiger partial charge is 0.369 e. The molecule has 0 amide bonds. The summed E-state index contributed by atoms with van der Waals surface area (Å²) >= 11 is 0. The van der Waals surface area contributed by atoms with Gasteiger partial charge in [0, 0.05) is 18.6 Å². The molecule has 0 radical (unpaired) electrons. The summed E-state index contributed by atoms with van der Waals surface area (Å²) in [6.45, 7) is 0. The summed E-state index contributed by atoms with van der Waals surface area (Å²) in [5.41, 5.74) is 1.74. The second-order valence-corrected chi connectivity index (χ2v) is 3.53. The Morgan fingerprint density at radius 3 is 3.06 bits per heavy atom. The van der Waals surface area contributed by atoms with Gasteiger partial charge in [-0.2, -0.15) is 0 Å². The van der Waals surface area contributed by atoms with Crippen LogP contribution in [0, 0.1) is 0 Å². The van der Waals surface area contributed by atoms with Crippen molar-refractivity contribution >= 4 is 5.71 Å². The SMILES string of the molecule is c1ccc(C2=NOC(n3ccnc3)C2)nc1. The predicted molar refractivity (Wildman–Crippen MR) is 57.7 cm³/mol. The molecule has 1 unspecified atom stereocenters. The molecule has 0 bridgehead atoms. The molecule has 1 aliphatic heterocycles.